The summed E-state index contributed by atoms with van der Waals surface area (Å²) in [6.07, 6.45) is 2.42. The molecule has 0 radical (unpaired) electrons. The van der Waals surface area contributed by atoms with Gasteiger partial charge in [0.15, 0.2) is 6.10 Å². The number of carboxylic acids is 1. The van der Waals surface area contributed by atoms with Crippen molar-refractivity contribution in [3.05, 3.63) is 59.9 Å². The predicted octanol–water partition coefficient (Wildman–Crippen LogP) is 1.59. The van der Waals surface area contributed by atoms with Crippen LogP contribution in [0.25, 0.3) is 0 Å². The van der Waals surface area contributed by atoms with Gasteiger partial charge >= 0.3 is 5.97 Å². The fourth-order valence-corrected chi connectivity index (χ4v) is 2.53. The molecule has 2 heterocycles. The summed E-state index contributed by atoms with van der Waals surface area (Å²) in [7, 11) is 0. The molecule has 25 heavy (non-hydrogen) atoms. The quantitative estimate of drug-likeness (QED) is 0.887. The largest absolute Gasteiger partial charge is 0.489 e. The number of ether oxygens (including phenoxy) is 2. The Morgan fingerprint density at radius 2 is 2.20 bits per heavy atom. The maximum atomic E-state index is 12.6. The van der Waals surface area contributed by atoms with E-state index in [-0.39, 0.29) is 19.1 Å². The number of rotatable bonds is 5. The number of amides is 1. The molecule has 1 aliphatic rings. The Bertz CT molecular complexity index is 750. The van der Waals surface area contributed by atoms with Crippen LogP contribution < -0.4 is 4.74 Å². The molecule has 0 saturated carbocycles. The van der Waals surface area contributed by atoms with Crippen molar-refractivity contribution in [1.29, 1.82) is 0 Å². The minimum Gasteiger partial charge on any atom is -0.489 e. The fourth-order valence-electron chi connectivity index (χ4n) is 2.53. The van der Waals surface area contributed by atoms with E-state index in [1.165, 1.54) is 4.90 Å². The summed E-state index contributed by atoms with van der Waals surface area (Å²) in [4.78, 5) is 29.2. The summed E-state index contributed by atoms with van der Waals surface area (Å²) >= 11 is 0. The Morgan fingerprint density at radius 1 is 1.32 bits per heavy atom. The van der Waals surface area contributed by atoms with E-state index in [4.69, 9.17) is 14.6 Å². The van der Waals surface area contributed by atoms with E-state index in [9.17, 15) is 9.59 Å². The van der Waals surface area contributed by atoms with Crippen LogP contribution in [0.3, 0.4) is 0 Å². The number of benzene rings is 1. The van der Waals surface area contributed by atoms with Gasteiger partial charge in [0, 0.05) is 30.1 Å². The lowest BCUT2D eigenvalue weighted by atomic mass is 10.1. The van der Waals surface area contributed by atoms with Crippen LogP contribution in [0, 0.1) is 0 Å². The number of aromatic nitrogens is 1. The summed E-state index contributed by atoms with van der Waals surface area (Å²) < 4.78 is 10.8. The number of hydrogen-bond acceptors (Lipinski definition) is 5. The van der Waals surface area contributed by atoms with E-state index in [2.05, 4.69) is 4.98 Å². The van der Waals surface area contributed by atoms with Crippen LogP contribution in [0.1, 0.15) is 15.9 Å². The number of aliphatic carboxylic acids is 1. The molecule has 1 saturated heterocycles. The second kappa shape index (κ2) is 7.76. The van der Waals surface area contributed by atoms with Gasteiger partial charge in [-0.3, -0.25) is 9.78 Å². The molecule has 1 aromatic heterocycles. The van der Waals surface area contributed by atoms with Gasteiger partial charge in [-0.05, 0) is 24.3 Å². The first-order chi connectivity index (χ1) is 12.1. The summed E-state index contributed by atoms with van der Waals surface area (Å²) in [5.74, 6) is -0.731. The molecule has 1 N–H and O–H groups in total. The number of nitrogens with zero attached hydrogens (tertiary/aromatic N) is 2. The summed E-state index contributed by atoms with van der Waals surface area (Å²) in [5, 5.41) is 9.04. The van der Waals surface area contributed by atoms with Crippen LogP contribution in [-0.2, 0) is 16.1 Å². The highest BCUT2D eigenvalue weighted by atomic mass is 16.5. The number of carbonyl (C=O) groups excluding carboxylic acids is 1. The average molecular weight is 342 g/mol. The highest BCUT2D eigenvalue weighted by Crippen LogP contribution is 2.18. The third-order valence-electron chi connectivity index (χ3n) is 3.84. The number of hydrogen-bond donors (Lipinski definition) is 1. The summed E-state index contributed by atoms with van der Waals surface area (Å²) in [5.41, 5.74) is 1.38. The maximum absolute atomic E-state index is 12.6. The van der Waals surface area contributed by atoms with Crippen LogP contribution in [-0.4, -0.2) is 52.7 Å². The van der Waals surface area contributed by atoms with Crippen LogP contribution in [0.4, 0.5) is 0 Å². The van der Waals surface area contributed by atoms with Crippen molar-refractivity contribution >= 4 is 11.9 Å². The lowest BCUT2D eigenvalue weighted by Gasteiger charge is -2.31. The van der Waals surface area contributed by atoms with Crippen molar-refractivity contribution in [2.75, 3.05) is 19.7 Å². The Balaban J connectivity index is 1.66. The van der Waals surface area contributed by atoms with Gasteiger partial charge in [0.25, 0.3) is 5.91 Å². The average Bonchev–Trinajstić information content (AvgIpc) is 2.67. The zero-order chi connectivity index (χ0) is 17.6. The van der Waals surface area contributed by atoms with Gasteiger partial charge in [0.2, 0.25) is 0 Å². The van der Waals surface area contributed by atoms with Crippen molar-refractivity contribution in [1.82, 2.24) is 9.88 Å². The Kier molecular flexibility index (Phi) is 5.25. The summed E-state index contributed by atoms with van der Waals surface area (Å²) in [6, 6.07) is 10.6. The SMILES string of the molecule is O=C(O)[C@H]1CN(C(=O)c2cccc(OCc3cccnc3)c2)CCO1. The highest BCUT2D eigenvalue weighted by Gasteiger charge is 2.29. The third kappa shape index (κ3) is 4.33. The van der Waals surface area contributed by atoms with Crippen LogP contribution in [0.5, 0.6) is 5.75 Å². The highest BCUT2D eigenvalue weighted by molar-refractivity contribution is 5.95. The molecule has 130 valence electrons. The fraction of sp³-hybridized carbons (Fsp3) is 0.278. The Hall–Kier alpha value is -2.93. The van der Waals surface area contributed by atoms with E-state index < -0.39 is 12.1 Å². The molecule has 0 spiro atoms. The molecular formula is C18H18N2O5. The van der Waals surface area contributed by atoms with Crippen molar-refractivity contribution < 1.29 is 24.2 Å². The van der Waals surface area contributed by atoms with Gasteiger partial charge in [0.05, 0.1) is 13.2 Å². The molecule has 1 atom stereocenters. The molecule has 0 unspecified atom stereocenters. The minimum absolute atomic E-state index is 0.0366. The van der Waals surface area contributed by atoms with Crippen molar-refractivity contribution in [2.24, 2.45) is 0 Å². The number of carboxylic acid groups (broad SMARTS) is 1. The van der Waals surface area contributed by atoms with Crippen LogP contribution >= 0.6 is 0 Å². The summed E-state index contributed by atoms with van der Waals surface area (Å²) in [6.45, 7) is 0.961. The first-order valence-electron chi connectivity index (χ1n) is 7.89. The van der Waals surface area contributed by atoms with Gasteiger partial charge in [-0.15, -0.1) is 0 Å². The molecule has 3 rings (SSSR count). The lowest BCUT2D eigenvalue weighted by Crippen LogP contribution is -2.48. The zero-order valence-electron chi connectivity index (χ0n) is 13.5. The van der Waals surface area contributed by atoms with Gasteiger partial charge in [-0.2, -0.15) is 0 Å². The van der Waals surface area contributed by atoms with E-state index >= 15 is 0 Å². The molecule has 1 amide bonds. The van der Waals surface area contributed by atoms with Crippen LogP contribution in [0.15, 0.2) is 48.8 Å². The standard InChI is InChI=1S/C18H18N2O5/c21-17(20-7-8-24-16(11-20)18(22)23)14-4-1-5-15(9-14)25-12-13-3-2-6-19-10-13/h1-6,9-10,16H,7-8,11-12H2,(H,22,23)/t16-/m1/s1. The van der Waals surface area contributed by atoms with Gasteiger partial charge in [0.1, 0.15) is 12.4 Å². The van der Waals surface area contributed by atoms with Crippen molar-refractivity contribution in [3.8, 4) is 5.75 Å². The first kappa shape index (κ1) is 16.9. The molecule has 0 bridgehead atoms. The molecule has 2 aromatic rings. The maximum Gasteiger partial charge on any atom is 0.334 e. The number of pyridine rings is 1. The van der Waals surface area contributed by atoms with Gasteiger partial charge in [-0.1, -0.05) is 12.1 Å². The van der Waals surface area contributed by atoms with Crippen molar-refractivity contribution in [2.45, 2.75) is 12.7 Å². The molecule has 7 heteroatoms. The second-order valence-corrected chi connectivity index (χ2v) is 5.63. The minimum atomic E-state index is -1.06. The molecular weight excluding hydrogens is 324 g/mol. The number of carbonyl (C=O) groups is 2. The third-order valence-corrected chi connectivity index (χ3v) is 3.84. The molecule has 1 aliphatic heterocycles. The van der Waals surface area contributed by atoms with Crippen molar-refractivity contribution in [3.63, 3.8) is 0 Å². The normalized spacial score (nSPS) is 17.1. The van der Waals surface area contributed by atoms with E-state index in [1.807, 2.05) is 12.1 Å². The van der Waals surface area contributed by atoms with E-state index in [1.54, 1.807) is 36.7 Å². The first-order valence-corrected chi connectivity index (χ1v) is 7.89. The van der Waals surface area contributed by atoms with Crippen LogP contribution in [0.2, 0.25) is 0 Å². The predicted molar refractivity (Wildman–Crippen MR) is 88.3 cm³/mol. The second-order valence-electron chi connectivity index (χ2n) is 5.63. The van der Waals surface area contributed by atoms with E-state index in [0.717, 1.165) is 5.56 Å². The zero-order valence-corrected chi connectivity index (χ0v) is 13.5. The Labute approximate surface area is 144 Å². The number of morpholine rings is 1. The lowest BCUT2D eigenvalue weighted by molar-refractivity contribution is -0.154. The topological polar surface area (TPSA) is 89.0 Å². The van der Waals surface area contributed by atoms with E-state index in [0.29, 0.717) is 24.5 Å². The van der Waals surface area contributed by atoms with Gasteiger partial charge in [-0.25, -0.2) is 4.79 Å². The smallest absolute Gasteiger partial charge is 0.334 e. The Morgan fingerprint density at radius 3 is 2.96 bits per heavy atom. The molecule has 1 aromatic carbocycles. The molecule has 7 nitrogen and oxygen atoms in total. The molecule has 1 fully saturated rings. The van der Waals surface area contributed by atoms with Gasteiger partial charge < -0.3 is 19.5 Å². The monoisotopic (exact) mass is 342 g/mol. The molecule has 0 aliphatic carbocycles.